The van der Waals surface area contributed by atoms with Gasteiger partial charge in [0.25, 0.3) is 11.8 Å². The number of piperazine rings is 1. The van der Waals surface area contributed by atoms with Crippen LogP contribution in [-0.2, 0) is 4.79 Å². The van der Waals surface area contributed by atoms with Crippen molar-refractivity contribution in [1.29, 1.82) is 0 Å². The predicted octanol–water partition coefficient (Wildman–Crippen LogP) is 2.56. The molecule has 0 unspecified atom stereocenters. The Morgan fingerprint density at radius 2 is 1.63 bits per heavy atom. The molecule has 0 aliphatic carbocycles. The van der Waals surface area contributed by atoms with Crippen molar-refractivity contribution in [3.8, 4) is 5.75 Å². The number of carbonyl (C=O) groups is 3. The summed E-state index contributed by atoms with van der Waals surface area (Å²) in [4.78, 5) is 40.7. The zero-order valence-corrected chi connectivity index (χ0v) is 18.4. The van der Waals surface area contributed by atoms with E-state index >= 15 is 0 Å². The Kier molecular flexibility index (Phi) is 7.46. The number of benzene rings is 2. The molecule has 158 valence electrons. The van der Waals surface area contributed by atoms with Crippen molar-refractivity contribution in [3.63, 3.8) is 0 Å². The first-order valence-corrected chi connectivity index (χ1v) is 10.5. The van der Waals surface area contributed by atoms with Crippen LogP contribution >= 0.6 is 15.9 Å². The van der Waals surface area contributed by atoms with Crippen LogP contribution in [0.15, 0.2) is 53.0 Å². The zero-order chi connectivity index (χ0) is 21.5. The molecule has 7 nitrogen and oxygen atoms in total. The summed E-state index contributed by atoms with van der Waals surface area (Å²) in [6.45, 7) is 2.20. The topological polar surface area (TPSA) is 79.0 Å². The molecule has 0 saturated carbocycles. The van der Waals surface area contributed by atoms with Crippen LogP contribution in [0.1, 0.15) is 27.1 Å². The number of carbonyl (C=O) groups excluding carboxylic acids is 3. The molecule has 1 saturated heterocycles. The molecular formula is C22H24BrN3O4. The largest absolute Gasteiger partial charge is 0.497 e. The van der Waals surface area contributed by atoms with E-state index in [1.807, 2.05) is 0 Å². The number of hydrogen-bond donors (Lipinski definition) is 1. The summed E-state index contributed by atoms with van der Waals surface area (Å²) in [5.41, 5.74) is 1.13. The lowest BCUT2D eigenvalue weighted by Crippen LogP contribution is -2.51. The van der Waals surface area contributed by atoms with Crippen molar-refractivity contribution in [3.05, 3.63) is 64.1 Å². The fourth-order valence-electron chi connectivity index (χ4n) is 3.24. The van der Waals surface area contributed by atoms with Crippen molar-refractivity contribution >= 4 is 33.7 Å². The lowest BCUT2D eigenvalue weighted by atomic mass is 10.1. The van der Waals surface area contributed by atoms with E-state index < -0.39 is 0 Å². The van der Waals surface area contributed by atoms with E-state index in [0.29, 0.717) is 43.1 Å². The lowest BCUT2D eigenvalue weighted by Gasteiger charge is -2.35. The van der Waals surface area contributed by atoms with Gasteiger partial charge >= 0.3 is 0 Å². The van der Waals surface area contributed by atoms with E-state index in [-0.39, 0.29) is 30.7 Å². The second-order valence-electron chi connectivity index (χ2n) is 6.92. The van der Waals surface area contributed by atoms with Gasteiger partial charge in [0.1, 0.15) is 5.75 Å². The molecule has 1 heterocycles. The monoisotopic (exact) mass is 473 g/mol. The predicted molar refractivity (Wildman–Crippen MR) is 117 cm³/mol. The summed E-state index contributed by atoms with van der Waals surface area (Å²) in [5, 5.41) is 2.77. The zero-order valence-electron chi connectivity index (χ0n) is 16.8. The van der Waals surface area contributed by atoms with Crippen molar-refractivity contribution < 1.29 is 19.1 Å². The smallest absolute Gasteiger partial charge is 0.254 e. The third-order valence-corrected chi connectivity index (χ3v) is 5.50. The van der Waals surface area contributed by atoms with Crippen molar-refractivity contribution in [2.24, 2.45) is 0 Å². The van der Waals surface area contributed by atoms with Gasteiger partial charge in [0.2, 0.25) is 5.91 Å². The van der Waals surface area contributed by atoms with E-state index in [1.54, 1.807) is 65.4 Å². The Labute approximate surface area is 184 Å². The lowest BCUT2D eigenvalue weighted by molar-refractivity contribution is -0.132. The normalized spacial score (nSPS) is 13.7. The summed E-state index contributed by atoms with van der Waals surface area (Å²) in [6.07, 6.45) is 0.228. The van der Waals surface area contributed by atoms with Crippen LogP contribution in [0, 0.1) is 0 Å². The maximum Gasteiger partial charge on any atom is 0.254 e. The number of amides is 3. The van der Waals surface area contributed by atoms with Gasteiger partial charge in [-0.3, -0.25) is 14.4 Å². The van der Waals surface area contributed by atoms with E-state index in [4.69, 9.17) is 4.74 Å². The van der Waals surface area contributed by atoms with Gasteiger partial charge in [-0.25, -0.2) is 0 Å². The highest BCUT2D eigenvalue weighted by atomic mass is 79.9. The quantitative estimate of drug-likeness (QED) is 0.698. The molecule has 30 heavy (non-hydrogen) atoms. The molecule has 1 aliphatic rings. The van der Waals surface area contributed by atoms with Gasteiger partial charge in [-0.05, 0) is 42.5 Å². The Bertz CT molecular complexity index is 909. The number of ether oxygens (including phenoxy) is 1. The second kappa shape index (κ2) is 10.2. The first-order valence-electron chi connectivity index (χ1n) is 9.73. The third kappa shape index (κ3) is 5.60. The average molecular weight is 474 g/mol. The number of methoxy groups -OCH3 is 1. The Morgan fingerprint density at radius 1 is 0.967 bits per heavy atom. The molecule has 1 N–H and O–H groups in total. The van der Waals surface area contributed by atoms with Gasteiger partial charge in [0.15, 0.2) is 0 Å². The van der Waals surface area contributed by atoms with Crippen LogP contribution in [0.3, 0.4) is 0 Å². The number of halogens is 1. The number of rotatable bonds is 6. The van der Waals surface area contributed by atoms with Gasteiger partial charge in [-0.2, -0.15) is 0 Å². The minimum atomic E-state index is -0.205. The van der Waals surface area contributed by atoms with Crippen LogP contribution < -0.4 is 10.1 Å². The van der Waals surface area contributed by atoms with Crippen molar-refractivity contribution in [2.75, 3.05) is 39.8 Å². The molecule has 3 rings (SSSR count). The molecule has 0 atom stereocenters. The van der Waals surface area contributed by atoms with Crippen LogP contribution in [-0.4, -0.2) is 67.4 Å². The van der Waals surface area contributed by atoms with Crippen LogP contribution in [0.4, 0.5) is 0 Å². The molecular weight excluding hydrogens is 450 g/mol. The number of nitrogens with one attached hydrogen (secondary N) is 1. The van der Waals surface area contributed by atoms with Crippen LogP contribution in [0.5, 0.6) is 5.75 Å². The fourth-order valence-corrected chi connectivity index (χ4v) is 3.51. The van der Waals surface area contributed by atoms with Crippen LogP contribution in [0.25, 0.3) is 0 Å². The Balaban J connectivity index is 1.43. The van der Waals surface area contributed by atoms with Gasteiger partial charge in [0, 0.05) is 54.7 Å². The minimum Gasteiger partial charge on any atom is -0.497 e. The molecule has 0 radical (unpaired) electrons. The van der Waals surface area contributed by atoms with Gasteiger partial charge in [0.05, 0.1) is 7.11 Å². The van der Waals surface area contributed by atoms with Crippen LogP contribution in [0.2, 0.25) is 0 Å². The Hall–Kier alpha value is -2.87. The summed E-state index contributed by atoms with van der Waals surface area (Å²) in [7, 11) is 1.56. The summed E-state index contributed by atoms with van der Waals surface area (Å²) in [6, 6.07) is 14.1. The molecule has 0 spiro atoms. The molecule has 3 amide bonds. The fraction of sp³-hybridized carbons (Fsp3) is 0.318. The summed E-state index contributed by atoms with van der Waals surface area (Å²) < 4.78 is 6.07. The standard InChI is InChI=1S/C22H24BrN3O4/c1-30-19-4-2-3-17(15-19)22(29)26-13-11-25(12-14-26)20(27)9-10-24-21(28)16-5-7-18(23)8-6-16/h2-8,15H,9-14H2,1H3,(H,24,28). The average Bonchev–Trinajstić information content (AvgIpc) is 2.79. The van der Waals surface area contributed by atoms with E-state index in [1.165, 1.54) is 0 Å². The highest BCUT2D eigenvalue weighted by Crippen LogP contribution is 2.16. The van der Waals surface area contributed by atoms with Crippen molar-refractivity contribution in [1.82, 2.24) is 15.1 Å². The van der Waals surface area contributed by atoms with E-state index in [2.05, 4.69) is 21.2 Å². The molecule has 1 aliphatic heterocycles. The van der Waals surface area contributed by atoms with Crippen molar-refractivity contribution in [2.45, 2.75) is 6.42 Å². The van der Waals surface area contributed by atoms with Gasteiger partial charge in [-0.1, -0.05) is 22.0 Å². The number of nitrogens with zero attached hydrogens (tertiary/aromatic N) is 2. The SMILES string of the molecule is COc1cccc(C(=O)N2CCN(C(=O)CCNC(=O)c3ccc(Br)cc3)CC2)c1. The first kappa shape index (κ1) is 21.8. The highest BCUT2D eigenvalue weighted by Gasteiger charge is 2.25. The maximum atomic E-state index is 12.7. The molecule has 2 aromatic rings. The molecule has 0 bridgehead atoms. The molecule has 8 heteroatoms. The second-order valence-corrected chi connectivity index (χ2v) is 7.83. The third-order valence-electron chi connectivity index (χ3n) is 4.97. The molecule has 1 fully saturated rings. The summed E-state index contributed by atoms with van der Waals surface area (Å²) >= 11 is 3.33. The van der Waals surface area contributed by atoms with Gasteiger partial charge < -0.3 is 19.9 Å². The van der Waals surface area contributed by atoms with E-state index in [0.717, 1.165) is 4.47 Å². The minimum absolute atomic E-state index is 0.0282. The summed E-state index contributed by atoms with van der Waals surface area (Å²) in [5.74, 6) is 0.339. The van der Waals surface area contributed by atoms with E-state index in [9.17, 15) is 14.4 Å². The first-order chi connectivity index (χ1) is 14.5. The Morgan fingerprint density at radius 3 is 2.30 bits per heavy atom. The molecule has 0 aromatic heterocycles. The molecule has 2 aromatic carbocycles. The highest BCUT2D eigenvalue weighted by molar-refractivity contribution is 9.10. The van der Waals surface area contributed by atoms with Gasteiger partial charge in [-0.15, -0.1) is 0 Å². The number of hydrogen-bond acceptors (Lipinski definition) is 4. The maximum absolute atomic E-state index is 12.7.